The molecular formula is C21H33F3IN5O2. The molecule has 0 aromatic heterocycles. The summed E-state index contributed by atoms with van der Waals surface area (Å²) >= 11 is 0. The van der Waals surface area contributed by atoms with Crippen molar-refractivity contribution in [2.24, 2.45) is 4.99 Å². The smallest absolute Gasteiger partial charge is 0.419 e. The summed E-state index contributed by atoms with van der Waals surface area (Å²) in [6.45, 7) is 5.13. The number of piperidine rings is 1. The number of amides is 1. The van der Waals surface area contributed by atoms with Crippen LogP contribution in [0.25, 0.3) is 0 Å². The largest absolute Gasteiger partial charge is 0.491 e. The molecule has 1 saturated heterocycles. The number of aliphatic imine (C=N–C) groups is 1. The number of nitrogens with zero attached hydrogens (tertiary/aromatic N) is 2. The SMILES string of the molecule is CCCNC(=O)CN1CCC(NC(=NC)NCCOc2ccccc2C(F)(F)F)CC1.I. The molecule has 1 amide bonds. The Morgan fingerprint density at radius 2 is 1.88 bits per heavy atom. The monoisotopic (exact) mass is 571 g/mol. The van der Waals surface area contributed by atoms with Gasteiger partial charge < -0.3 is 20.7 Å². The fourth-order valence-electron chi connectivity index (χ4n) is 3.30. The Bertz CT molecular complexity index is 726. The second-order valence-electron chi connectivity index (χ2n) is 7.39. The minimum absolute atomic E-state index is 0. The molecular weight excluding hydrogens is 538 g/mol. The molecule has 0 saturated carbocycles. The first kappa shape index (κ1) is 28.3. The summed E-state index contributed by atoms with van der Waals surface area (Å²) in [6, 6.07) is 5.38. The van der Waals surface area contributed by atoms with Crippen molar-refractivity contribution in [2.75, 3.05) is 46.4 Å². The zero-order chi connectivity index (χ0) is 22.7. The second kappa shape index (κ2) is 14.4. The number of halogens is 4. The predicted molar refractivity (Wildman–Crippen MR) is 130 cm³/mol. The predicted octanol–water partition coefficient (Wildman–Crippen LogP) is 2.86. The topological polar surface area (TPSA) is 78.0 Å². The normalized spacial score (nSPS) is 15.6. The maximum absolute atomic E-state index is 13.0. The third kappa shape index (κ3) is 9.80. The Morgan fingerprint density at radius 1 is 1.19 bits per heavy atom. The second-order valence-corrected chi connectivity index (χ2v) is 7.39. The van der Waals surface area contributed by atoms with Crippen molar-refractivity contribution in [3.05, 3.63) is 29.8 Å². The molecule has 0 atom stereocenters. The van der Waals surface area contributed by atoms with Crippen LogP contribution in [0.5, 0.6) is 5.75 Å². The molecule has 1 aromatic rings. The number of benzene rings is 1. The highest BCUT2D eigenvalue weighted by atomic mass is 127. The fourth-order valence-corrected chi connectivity index (χ4v) is 3.30. The zero-order valence-electron chi connectivity index (χ0n) is 18.5. The molecule has 0 aliphatic carbocycles. The molecule has 3 N–H and O–H groups in total. The molecule has 182 valence electrons. The lowest BCUT2D eigenvalue weighted by atomic mass is 10.1. The van der Waals surface area contributed by atoms with Crippen LogP contribution < -0.4 is 20.7 Å². The van der Waals surface area contributed by atoms with Gasteiger partial charge in [-0.25, -0.2) is 0 Å². The Hall–Kier alpha value is -1.76. The highest BCUT2D eigenvalue weighted by Gasteiger charge is 2.34. The molecule has 7 nitrogen and oxygen atoms in total. The maximum Gasteiger partial charge on any atom is 0.419 e. The molecule has 0 spiro atoms. The van der Waals surface area contributed by atoms with Gasteiger partial charge >= 0.3 is 6.18 Å². The molecule has 0 bridgehead atoms. The summed E-state index contributed by atoms with van der Waals surface area (Å²) in [6.07, 6.45) is -1.79. The number of hydrogen-bond donors (Lipinski definition) is 3. The third-order valence-corrected chi connectivity index (χ3v) is 4.94. The van der Waals surface area contributed by atoms with Crippen LogP contribution in [0.3, 0.4) is 0 Å². The zero-order valence-corrected chi connectivity index (χ0v) is 20.8. The first-order chi connectivity index (χ1) is 14.8. The van der Waals surface area contributed by atoms with E-state index < -0.39 is 11.7 Å². The quantitative estimate of drug-likeness (QED) is 0.184. The van der Waals surface area contributed by atoms with Crippen molar-refractivity contribution in [3.63, 3.8) is 0 Å². The van der Waals surface area contributed by atoms with E-state index in [2.05, 4.69) is 25.8 Å². The number of likely N-dealkylation sites (tertiary alicyclic amines) is 1. The molecule has 0 radical (unpaired) electrons. The van der Waals surface area contributed by atoms with Gasteiger partial charge in [0, 0.05) is 32.7 Å². The average Bonchev–Trinajstić information content (AvgIpc) is 2.75. The lowest BCUT2D eigenvalue weighted by molar-refractivity contribution is -0.139. The minimum atomic E-state index is -4.45. The first-order valence-electron chi connectivity index (χ1n) is 10.6. The Morgan fingerprint density at radius 3 is 2.50 bits per heavy atom. The van der Waals surface area contributed by atoms with Gasteiger partial charge in [-0.05, 0) is 31.4 Å². The summed E-state index contributed by atoms with van der Waals surface area (Å²) in [5.41, 5.74) is -0.785. The van der Waals surface area contributed by atoms with Crippen LogP contribution in [0, 0.1) is 0 Å². The number of carbonyl (C=O) groups excluding carboxylic acids is 1. The van der Waals surface area contributed by atoms with Gasteiger partial charge in [0.05, 0.1) is 18.7 Å². The summed E-state index contributed by atoms with van der Waals surface area (Å²) in [5.74, 6) is 0.444. The van der Waals surface area contributed by atoms with Gasteiger partial charge in [0.2, 0.25) is 5.91 Å². The van der Waals surface area contributed by atoms with Crippen molar-refractivity contribution >= 4 is 35.8 Å². The van der Waals surface area contributed by atoms with Crippen molar-refractivity contribution in [2.45, 2.75) is 38.4 Å². The molecule has 1 aliphatic rings. The Kier molecular flexibility index (Phi) is 12.7. The van der Waals surface area contributed by atoms with E-state index >= 15 is 0 Å². The van der Waals surface area contributed by atoms with Gasteiger partial charge in [-0.3, -0.25) is 14.7 Å². The third-order valence-electron chi connectivity index (χ3n) is 4.94. The Balaban J connectivity index is 0.00000512. The fraction of sp³-hybridized carbons (Fsp3) is 0.619. The van der Waals surface area contributed by atoms with Gasteiger partial charge in [0.1, 0.15) is 12.4 Å². The number of nitrogens with one attached hydrogen (secondary N) is 3. The van der Waals surface area contributed by atoms with Gasteiger partial charge in [0.25, 0.3) is 0 Å². The molecule has 2 rings (SSSR count). The standard InChI is InChI=1S/C21H32F3N5O2.HI/c1-3-10-26-19(30)15-29-12-8-16(9-13-29)28-20(25-2)27-11-14-31-18-7-5-4-6-17(18)21(22,23)24;/h4-7,16H,3,8-15H2,1-2H3,(H,26,30)(H2,25,27,28);1H. The van der Waals surface area contributed by atoms with Gasteiger partial charge in [-0.2, -0.15) is 13.2 Å². The molecule has 1 fully saturated rings. The summed E-state index contributed by atoms with van der Waals surface area (Å²) in [4.78, 5) is 18.1. The lowest BCUT2D eigenvalue weighted by Crippen LogP contribution is -2.50. The maximum atomic E-state index is 13.0. The number of alkyl halides is 3. The van der Waals surface area contributed by atoms with E-state index in [9.17, 15) is 18.0 Å². The summed E-state index contributed by atoms with van der Waals surface area (Å²) < 4.78 is 44.3. The van der Waals surface area contributed by atoms with E-state index in [1.54, 1.807) is 7.05 Å². The molecule has 1 aromatic carbocycles. The lowest BCUT2D eigenvalue weighted by Gasteiger charge is -2.32. The molecule has 32 heavy (non-hydrogen) atoms. The van der Waals surface area contributed by atoms with Crippen LogP contribution in [0.15, 0.2) is 29.3 Å². The molecule has 1 aliphatic heterocycles. The van der Waals surface area contributed by atoms with Crippen LogP contribution in [0.1, 0.15) is 31.7 Å². The average molecular weight is 571 g/mol. The minimum Gasteiger partial charge on any atom is -0.491 e. The highest BCUT2D eigenvalue weighted by Crippen LogP contribution is 2.35. The van der Waals surface area contributed by atoms with Crippen LogP contribution >= 0.6 is 24.0 Å². The van der Waals surface area contributed by atoms with Crippen LogP contribution in [0.4, 0.5) is 13.2 Å². The van der Waals surface area contributed by atoms with Gasteiger partial charge in [0.15, 0.2) is 5.96 Å². The molecule has 11 heteroatoms. The van der Waals surface area contributed by atoms with E-state index in [1.165, 1.54) is 18.2 Å². The van der Waals surface area contributed by atoms with Crippen LogP contribution in [-0.4, -0.2) is 69.2 Å². The number of hydrogen-bond acceptors (Lipinski definition) is 4. The van der Waals surface area contributed by atoms with Crippen LogP contribution in [0.2, 0.25) is 0 Å². The number of para-hydroxylation sites is 1. The van der Waals surface area contributed by atoms with Crippen LogP contribution in [-0.2, 0) is 11.0 Å². The summed E-state index contributed by atoms with van der Waals surface area (Å²) in [7, 11) is 1.64. The summed E-state index contributed by atoms with van der Waals surface area (Å²) in [5, 5.41) is 9.28. The van der Waals surface area contributed by atoms with E-state index in [0.717, 1.165) is 38.4 Å². The van der Waals surface area contributed by atoms with E-state index in [0.29, 0.717) is 25.6 Å². The first-order valence-corrected chi connectivity index (χ1v) is 10.6. The van der Waals surface area contributed by atoms with Crippen molar-refractivity contribution in [1.29, 1.82) is 0 Å². The number of carbonyl (C=O) groups is 1. The van der Waals surface area contributed by atoms with Crippen molar-refractivity contribution in [3.8, 4) is 5.75 Å². The highest BCUT2D eigenvalue weighted by molar-refractivity contribution is 14.0. The number of rotatable bonds is 9. The van der Waals surface area contributed by atoms with E-state index in [4.69, 9.17) is 4.74 Å². The Labute approximate surface area is 204 Å². The van der Waals surface area contributed by atoms with Gasteiger partial charge in [-0.15, -0.1) is 24.0 Å². The molecule has 1 heterocycles. The van der Waals surface area contributed by atoms with Gasteiger partial charge in [-0.1, -0.05) is 19.1 Å². The van der Waals surface area contributed by atoms with Crippen molar-refractivity contribution < 1.29 is 22.7 Å². The van der Waals surface area contributed by atoms with E-state index in [-0.39, 0.29) is 48.3 Å². The number of guanidine groups is 1. The number of ether oxygens (including phenoxy) is 1. The molecule has 0 unspecified atom stereocenters. The van der Waals surface area contributed by atoms with Crippen molar-refractivity contribution in [1.82, 2.24) is 20.9 Å². The van der Waals surface area contributed by atoms with E-state index in [1.807, 2.05) is 6.92 Å².